The maximum absolute atomic E-state index is 11.3. The van der Waals surface area contributed by atoms with Crippen molar-refractivity contribution < 1.29 is 8.42 Å². The molecule has 0 radical (unpaired) electrons. The number of anilines is 1. The zero-order chi connectivity index (χ0) is 10.9. The van der Waals surface area contributed by atoms with E-state index in [1.54, 1.807) is 0 Å². The fourth-order valence-corrected chi connectivity index (χ4v) is 1.52. The van der Waals surface area contributed by atoms with Crippen LogP contribution in [0.15, 0.2) is 16.9 Å². The monoisotopic (exact) mass is 236 g/mol. The predicted octanol–water partition coefficient (Wildman–Crippen LogP) is 0.424. The van der Waals surface area contributed by atoms with Crippen LogP contribution in [0.4, 0.5) is 5.69 Å². The second-order valence-electron chi connectivity index (χ2n) is 2.75. The number of H-pyrrole nitrogens is 1. The van der Waals surface area contributed by atoms with Crippen molar-refractivity contribution in [1.29, 1.82) is 0 Å². The van der Waals surface area contributed by atoms with Crippen LogP contribution in [0.5, 0.6) is 0 Å². The lowest BCUT2D eigenvalue weighted by atomic mass is 10.4. The molecule has 1 N–H and O–H groups in total. The van der Waals surface area contributed by atoms with E-state index in [2.05, 4.69) is 4.98 Å². The van der Waals surface area contributed by atoms with E-state index in [1.165, 1.54) is 19.2 Å². The molecule has 0 bridgehead atoms. The van der Waals surface area contributed by atoms with Crippen LogP contribution in [0.25, 0.3) is 0 Å². The first kappa shape index (κ1) is 11.1. The van der Waals surface area contributed by atoms with E-state index in [0.29, 0.717) is 0 Å². The summed E-state index contributed by atoms with van der Waals surface area (Å²) in [5.74, 6) is 0. The smallest absolute Gasteiger partial charge is 0.273 e. The van der Waals surface area contributed by atoms with Gasteiger partial charge in [0.1, 0.15) is 10.8 Å². The average molecular weight is 237 g/mol. The molecule has 5 nitrogen and oxygen atoms in total. The van der Waals surface area contributed by atoms with Gasteiger partial charge >= 0.3 is 0 Å². The largest absolute Gasteiger partial charge is 0.311 e. The van der Waals surface area contributed by atoms with Gasteiger partial charge < -0.3 is 4.98 Å². The molecule has 0 saturated carbocycles. The maximum Gasteiger partial charge on any atom is 0.273 e. The van der Waals surface area contributed by atoms with Gasteiger partial charge in [-0.2, -0.15) is 0 Å². The van der Waals surface area contributed by atoms with Gasteiger partial charge in [-0.1, -0.05) is 11.6 Å². The summed E-state index contributed by atoms with van der Waals surface area (Å²) in [7, 11) is -2.12. The molecular formula is C7H9ClN2O3S. The van der Waals surface area contributed by atoms with Crippen LogP contribution in [0.3, 0.4) is 0 Å². The van der Waals surface area contributed by atoms with E-state index in [1.807, 2.05) is 0 Å². The number of nitrogens with zero attached hydrogens (tertiary/aromatic N) is 1. The second-order valence-corrected chi connectivity index (χ2v) is 5.17. The minimum atomic E-state index is -3.42. The van der Waals surface area contributed by atoms with E-state index in [9.17, 15) is 13.2 Å². The quantitative estimate of drug-likeness (QED) is 0.757. The average Bonchev–Trinajstić information content (AvgIpc) is 2.01. The number of hydrogen-bond donors (Lipinski definition) is 1. The summed E-state index contributed by atoms with van der Waals surface area (Å²) < 4.78 is 23.1. The van der Waals surface area contributed by atoms with Gasteiger partial charge in [0, 0.05) is 7.05 Å². The summed E-state index contributed by atoms with van der Waals surface area (Å²) in [5, 5.41) is 0.167. The number of aromatic amines is 1. The molecule has 78 valence electrons. The molecular weight excluding hydrogens is 228 g/mol. The Morgan fingerprint density at radius 1 is 1.43 bits per heavy atom. The third kappa shape index (κ3) is 2.27. The Labute approximate surface area is 86.4 Å². The van der Waals surface area contributed by atoms with Crippen molar-refractivity contribution >= 4 is 27.3 Å². The molecule has 0 unspecified atom stereocenters. The fourth-order valence-electron chi connectivity index (χ4n) is 0.869. The highest BCUT2D eigenvalue weighted by atomic mass is 35.5. The molecule has 0 amide bonds. The highest BCUT2D eigenvalue weighted by Crippen LogP contribution is 2.11. The summed E-state index contributed by atoms with van der Waals surface area (Å²) in [6.07, 6.45) is 1.01. The van der Waals surface area contributed by atoms with Gasteiger partial charge in [-0.3, -0.25) is 9.10 Å². The van der Waals surface area contributed by atoms with Crippen molar-refractivity contribution in [3.05, 3.63) is 27.6 Å². The van der Waals surface area contributed by atoms with Gasteiger partial charge in [-0.15, -0.1) is 0 Å². The van der Waals surface area contributed by atoms with Gasteiger partial charge in [-0.25, -0.2) is 8.42 Å². The molecule has 1 aromatic rings. The van der Waals surface area contributed by atoms with Crippen molar-refractivity contribution in [2.45, 2.75) is 0 Å². The Balaban J connectivity index is 3.29. The minimum Gasteiger partial charge on any atom is -0.311 e. The summed E-state index contributed by atoms with van der Waals surface area (Å²) in [6.45, 7) is 0. The summed E-state index contributed by atoms with van der Waals surface area (Å²) in [4.78, 5) is 13.6. The molecule has 0 saturated heterocycles. The highest BCUT2D eigenvalue weighted by Gasteiger charge is 2.14. The van der Waals surface area contributed by atoms with Crippen LogP contribution in [-0.4, -0.2) is 26.7 Å². The number of hydrogen-bond acceptors (Lipinski definition) is 3. The molecule has 7 heteroatoms. The lowest BCUT2D eigenvalue weighted by Gasteiger charge is -2.14. The molecule has 0 fully saturated rings. The number of halogens is 1. The van der Waals surface area contributed by atoms with Crippen molar-refractivity contribution in [3.63, 3.8) is 0 Å². The van der Waals surface area contributed by atoms with Gasteiger partial charge in [0.25, 0.3) is 5.56 Å². The van der Waals surface area contributed by atoms with E-state index in [-0.39, 0.29) is 10.8 Å². The number of rotatable bonds is 2. The molecule has 0 aliphatic rings. The standard InChI is InChI=1S/C7H9ClN2O3S/c1-10(14(2,12)13)5-3-4-6(8)9-7(5)11/h3-4H,1-2H3,(H,9,11). The number of nitrogens with one attached hydrogen (secondary N) is 1. The number of aromatic nitrogens is 1. The first-order chi connectivity index (χ1) is 6.32. The molecule has 1 rings (SSSR count). The van der Waals surface area contributed by atoms with Crippen molar-refractivity contribution in [2.75, 3.05) is 17.6 Å². The van der Waals surface area contributed by atoms with Crippen LogP contribution < -0.4 is 9.86 Å². The van der Waals surface area contributed by atoms with E-state index < -0.39 is 15.6 Å². The highest BCUT2D eigenvalue weighted by molar-refractivity contribution is 7.92. The summed E-state index contributed by atoms with van der Waals surface area (Å²) in [6, 6.07) is 2.77. The van der Waals surface area contributed by atoms with Crippen LogP contribution in [0.1, 0.15) is 0 Å². The number of sulfonamides is 1. The molecule has 0 atom stereocenters. The molecule has 0 aliphatic heterocycles. The van der Waals surface area contributed by atoms with Crippen LogP contribution in [0, 0.1) is 0 Å². The Morgan fingerprint density at radius 3 is 2.43 bits per heavy atom. The van der Waals surface area contributed by atoms with E-state index >= 15 is 0 Å². The Hall–Kier alpha value is -1.01. The first-order valence-electron chi connectivity index (χ1n) is 3.65. The van der Waals surface area contributed by atoms with Crippen molar-refractivity contribution in [2.24, 2.45) is 0 Å². The van der Waals surface area contributed by atoms with Gasteiger partial charge in [0.15, 0.2) is 0 Å². The second kappa shape index (κ2) is 3.62. The Kier molecular flexibility index (Phi) is 2.86. The third-order valence-corrected chi connectivity index (χ3v) is 3.10. The van der Waals surface area contributed by atoms with Crippen LogP contribution in [0.2, 0.25) is 5.15 Å². The molecule has 0 aliphatic carbocycles. The molecule has 0 aromatic carbocycles. The lowest BCUT2D eigenvalue weighted by molar-refractivity contribution is 0.600. The van der Waals surface area contributed by atoms with E-state index in [4.69, 9.17) is 11.6 Å². The third-order valence-electron chi connectivity index (χ3n) is 1.69. The minimum absolute atomic E-state index is 0.0388. The van der Waals surface area contributed by atoms with Crippen LogP contribution >= 0.6 is 11.6 Å². The lowest BCUT2D eigenvalue weighted by Crippen LogP contribution is -2.30. The molecule has 1 heterocycles. The topological polar surface area (TPSA) is 70.2 Å². The summed E-state index contributed by atoms with van der Waals surface area (Å²) in [5.41, 5.74) is -0.498. The Bertz CT molecular complexity index is 494. The summed E-state index contributed by atoms with van der Waals surface area (Å²) >= 11 is 5.51. The zero-order valence-corrected chi connectivity index (χ0v) is 9.19. The molecule has 14 heavy (non-hydrogen) atoms. The van der Waals surface area contributed by atoms with E-state index in [0.717, 1.165) is 10.6 Å². The maximum atomic E-state index is 11.3. The molecule has 0 spiro atoms. The molecule has 1 aromatic heterocycles. The van der Waals surface area contributed by atoms with Gasteiger partial charge in [0.05, 0.1) is 6.26 Å². The Morgan fingerprint density at radius 2 is 2.00 bits per heavy atom. The van der Waals surface area contributed by atoms with Gasteiger partial charge in [0.2, 0.25) is 10.0 Å². The normalized spacial score (nSPS) is 11.4. The predicted molar refractivity (Wildman–Crippen MR) is 55.3 cm³/mol. The zero-order valence-electron chi connectivity index (χ0n) is 7.61. The first-order valence-corrected chi connectivity index (χ1v) is 5.88. The fraction of sp³-hybridized carbons (Fsp3) is 0.286. The van der Waals surface area contributed by atoms with Crippen molar-refractivity contribution in [3.8, 4) is 0 Å². The number of pyridine rings is 1. The SMILES string of the molecule is CN(c1ccc(Cl)[nH]c1=O)S(C)(=O)=O. The van der Waals surface area contributed by atoms with Crippen LogP contribution in [-0.2, 0) is 10.0 Å². The van der Waals surface area contributed by atoms with Gasteiger partial charge in [-0.05, 0) is 12.1 Å². The van der Waals surface area contributed by atoms with Crippen molar-refractivity contribution in [1.82, 2.24) is 4.98 Å².